The normalized spacial score (nSPS) is 15.7. The number of nitrogens with zero attached hydrogens (tertiary/aromatic N) is 1. The smallest absolute Gasteiger partial charge is 0.341 e. The number of guanidine groups is 1. The first kappa shape index (κ1) is 24.0. The van der Waals surface area contributed by atoms with Gasteiger partial charge in [0.05, 0.1) is 20.8 Å². The molecule has 0 atom stereocenters. The van der Waals surface area contributed by atoms with E-state index >= 15 is 0 Å². The number of hydrogen-bond donors (Lipinski definition) is 2. The molecule has 2 N–H and O–H groups in total. The van der Waals surface area contributed by atoms with Crippen molar-refractivity contribution in [1.29, 1.82) is 0 Å². The number of hydrogen-bond acceptors (Lipinski definition) is 5. The maximum Gasteiger partial charge on any atom is 0.341 e. The van der Waals surface area contributed by atoms with Crippen molar-refractivity contribution in [3.05, 3.63) is 29.3 Å². The van der Waals surface area contributed by atoms with E-state index in [4.69, 9.17) is 19.2 Å². The van der Waals surface area contributed by atoms with Gasteiger partial charge in [-0.2, -0.15) is 0 Å². The third-order valence-corrected chi connectivity index (χ3v) is 5.71. The summed E-state index contributed by atoms with van der Waals surface area (Å²) >= 11 is 0. The van der Waals surface area contributed by atoms with Crippen LogP contribution in [0.25, 0.3) is 0 Å². The number of rotatable bonds is 11. The van der Waals surface area contributed by atoms with E-state index in [2.05, 4.69) is 17.6 Å². The predicted molar refractivity (Wildman–Crippen MR) is 119 cm³/mol. The van der Waals surface area contributed by atoms with Gasteiger partial charge in [-0.05, 0) is 56.2 Å². The summed E-state index contributed by atoms with van der Waals surface area (Å²) in [6.07, 6.45) is 6.10. The Morgan fingerprint density at radius 3 is 2.57 bits per heavy atom. The number of nitrogens with one attached hydrogen (secondary N) is 2. The zero-order valence-electron chi connectivity index (χ0n) is 18.9. The Balaban J connectivity index is 2.05. The van der Waals surface area contributed by atoms with E-state index in [-0.39, 0.29) is 5.41 Å². The molecule has 1 aliphatic rings. The first-order chi connectivity index (χ1) is 14.6. The molecule has 7 heteroatoms. The molecule has 1 saturated carbocycles. The maximum atomic E-state index is 12.0. The molecule has 0 saturated heterocycles. The van der Waals surface area contributed by atoms with Crippen molar-refractivity contribution in [2.45, 2.75) is 52.5 Å². The number of carbonyl (C=O) groups excluding carboxylic acids is 1. The second kappa shape index (κ2) is 12.4. The van der Waals surface area contributed by atoms with Crippen LogP contribution in [0.4, 0.5) is 0 Å². The minimum absolute atomic E-state index is 0.281. The van der Waals surface area contributed by atoms with Crippen LogP contribution in [0.5, 0.6) is 5.75 Å². The summed E-state index contributed by atoms with van der Waals surface area (Å²) in [6.45, 7) is 7.81. The van der Waals surface area contributed by atoms with Crippen LogP contribution in [0.3, 0.4) is 0 Å². The fraction of sp³-hybridized carbons (Fsp3) is 0.652. The van der Waals surface area contributed by atoms with E-state index in [9.17, 15) is 4.79 Å². The van der Waals surface area contributed by atoms with Crippen molar-refractivity contribution in [2.24, 2.45) is 10.4 Å². The summed E-state index contributed by atoms with van der Waals surface area (Å²) < 4.78 is 15.7. The third-order valence-electron chi connectivity index (χ3n) is 5.71. The molecule has 1 aliphatic carbocycles. The van der Waals surface area contributed by atoms with Crippen molar-refractivity contribution in [1.82, 2.24) is 10.6 Å². The van der Waals surface area contributed by atoms with Gasteiger partial charge >= 0.3 is 5.97 Å². The molecule has 0 aliphatic heterocycles. The topological polar surface area (TPSA) is 81.2 Å². The predicted octanol–water partition coefficient (Wildman–Crippen LogP) is 3.52. The highest BCUT2D eigenvalue weighted by molar-refractivity contribution is 5.92. The number of aliphatic imine (C=N–C) groups is 1. The number of carbonyl (C=O) groups is 1. The Hall–Kier alpha value is -2.28. The van der Waals surface area contributed by atoms with Gasteiger partial charge in [-0.3, -0.25) is 0 Å². The first-order valence-electron chi connectivity index (χ1n) is 10.9. The van der Waals surface area contributed by atoms with Crippen LogP contribution in [0.15, 0.2) is 23.2 Å². The summed E-state index contributed by atoms with van der Waals surface area (Å²) in [7, 11) is 2.90. The van der Waals surface area contributed by atoms with Gasteiger partial charge in [-0.25, -0.2) is 9.79 Å². The van der Waals surface area contributed by atoms with E-state index < -0.39 is 5.97 Å². The minimum Gasteiger partial charge on any atom is -0.496 e. The van der Waals surface area contributed by atoms with Gasteiger partial charge in [0.2, 0.25) is 0 Å². The molecule has 30 heavy (non-hydrogen) atoms. The molecule has 1 aromatic carbocycles. The zero-order valence-corrected chi connectivity index (χ0v) is 18.9. The average molecular weight is 420 g/mol. The fourth-order valence-electron chi connectivity index (χ4n) is 3.98. The Morgan fingerprint density at radius 1 is 1.17 bits per heavy atom. The van der Waals surface area contributed by atoms with Crippen LogP contribution in [-0.2, 0) is 16.0 Å². The largest absolute Gasteiger partial charge is 0.496 e. The SMILES string of the molecule is CCNC(=NCc1ccc(OC)c(C(=O)OC)c1)NCC1(CCOCC)CCCC1. The first-order valence-corrected chi connectivity index (χ1v) is 10.9. The van der Waals surface area contributed by atoms with Gasteiger partial charge < -0.3 is 24.8 Å². The minimum atomic E-state index is -0.416. The number of esters is 1. The second-order valence-electron chi connectivity index (χ2n) is 7.73. The highest BCUT2D eigenvalue weighted by Gasteiger charge is 2.33. The summed E-state index contributed by atoms with van der Waals surface area (Å²) in [5, 5.41) is 6.86. The lowest BCUT2D eigenvalue weighted by atomic mass is 9.83. The average Bonchev–Trinajstić information content (AvgIpc) is 3.24. The molecule has 0 heterocycles. The Bertz CT molecular complexity index is 700. The van der Waals surface area contributed by atoms with Crippen LogP contribution >= 0.6 is 0 Å². The molecule has 1 aromatic rings. The van der Waals surface area contributed by atoms with Crippen LogP contribution in [0.1, 0.15) is 61.9 Å². The van der Waals surface area contributed by atoms with Crippen LogP contribution in [0.2, 0.25) is 0 Å². The van der Waals surface area contributed by atoms with Gasteiger partial charge in [0.1, 0.15) is 11.3 Å². The monoisotopic (exact) mass is 419 g/mol. The molecule has 0 unspecified atom stereocenters. The molecule has 0 aromatic heterocycles. The van der Waals surface area contributed by atoms with Gasteiger partial charge in [-0.1, -0.05) is 18.9 Å². The van der Waals surface area contributed by atoms with E-state index in [1.807, 2.05) is 13.0 Å². The molecule has 0 radical (unpaired) electrons. The van der Waals surface area contributed by atoms with E-state index in [1.165, 1.54) is 39.9 Å². The van der Waals surface area contributed by atoms with Crippen molar-refractivity contribution in [3.8, 4) is 5.75 Å². The van der Waals surface area contributed by atoms with E-state index in [1.54, 1.807) is 12.1 Å². The van der Waals surface area contributed by atoms with Gasteiger partial charge in [0.25, 0.3) is 0 Å². The molecular formula is C23H37N3O4. The van der Waals surface area contributed by atoms with E-state index in [0.29, 0.717) is 17.9 Å². The lowest BCUT2D eigenvalue weighted by Crippen LogP contribution is -2.43. The third kappa shape index (κ3) is 6.90. The van der Waals surface area contributed by atoms with Crippen molar-refractivity contribution in [3.63, 3.8) is 0 Å². The van der Waals surface area contributed by atoms with Crippen molar-refractivity contribution >= 4 is 11.9 Å². The molecule has 168 valence electrons. The van der Waals surface area contributed by atoms with Crippen molar-refractivity contribution in [2.75, 3.05) is 40.5 Å². The highest BCUT2D eigenvalue weighted by atomic mass is 16.5. The van der Waals surface area contributed by atoms with Gasteiger partial charge in [0.15, 0.2) is 5.96 Å². The van der Waals surface area contributed by atoms with E-state index in [0.717, 1.165) is 44.2 Å². The Labute approximate surface area is 180 Å². The molecule has 0 spiro atoms. The number of ether oxygens (including phenoxy) is 3. The summed E-state index contributed by atoms with van der Waals surface area (Å²) in [4.78, 5) is 16.7. The van der Waals surface area contributed by atoms with Crippen LogP contribution in [0, 0.1) is 5.41 Å². The molecule has 1 fully saturated rings. The molecule has 0 amide bonds. The van der Waals surface area contributed by atoms with Crippen molar-refractivity contribution < 1.29 is 19.0 Å². The van der Waals surface area contributed by atoms with Gasteiger partial charge in [0, 0.05) is 26.3 Å². The van der Waals surface area contributed by atoms with Crippen LogP contribution in [-0.4, -0.2) is 52.5 Å². The summed E-state index contributed by atoms with van der Waals surface area (Å²) in [5.74, 6) is 0.868. The summed E-state index contributed by atoms with van der Waals surface area (Å²) in [5.41, 5.74) is 1.61. The maximum absolute atomic E-state index is 12.0. The number of benzene rings is 1. The second-order valence-corrected chi connectivity index (χ2v) is 7.73. The zero-order chi connectivity index (χ0) is 21.8. The lowest BCUT2D eigenvalue weighted by molar-refractivity contribution is 0.0597. The number of methoxy groups -OCH3 is 2. The summed E-state index contributed by atoms with van der Waals surface area (Å²) in [6, 6.07) is 5.47. The molecular weight excluding hydrogens is 382 g/mol. The molecule has 2 rings (SSSR count). The Morgan fingerprint density at radius 2 is 1.93 bits per heavy atom. The van der Waals surface area contributed by atoms with Gasteiger partial charge in [-0.15, -0.1) is 0 Å². The fourth-order valence-corrected chi connectivity index (χ4v) is 3.98. The lowest BCUT2D eigenvalue weighted by Gasteiger charge is -2.30. The molecule has 0 bridgehead atoms. The van der Waals surface area contributed by atoms with Crippen LogP contribution < -0.4 is 15.4 Å². The quantitative estimate of drug-likeness (QED) is 0.247. The molecule has 7 nitrogen and oxygen atoms in total. The Kier molecular flexibility index (Phi) is 9.94. The highest BCUT2D eigenvalue weighted by Crippen LogP contribution is 2.40. The standard InChI is InChI=1S/C23H37N3O4/c1-5-24-22(26-17-23(11-7-8-12-23)13-14-30-6-2)25-16-18-9-10-20(28-3)19(15-18)21(27)29-4/h9-10,15H,5-8,11-14,16-17H2,1-4H3,(H2,24,25,26).